The molecule has 1 amide bonds. The molecule has 3 nitrogen and oxygen atoms in total. The van der Waals surface area contributed by atoms with Crippen molar-refractivity contribution in [1.29, 1.82) is 0 Å². The summed E-state index contributed by atoms with van der Waals surface area (Å²) >= 11 is 1.60. The van der Waals surface area contributed by atoms with Gasteiger partial charge in [-0.1, -0.05) is 66.7 Å². The maximum Gasteiger partial charge on any atom is 0.252 e. The van der Waals surface area contributed by atoms with Crippen LogP contribution in [0.15, 0.2) is 83.3 Å². The quantitative estimate of drug-likeness (QED) is 0.544. The second-order valence-electron chi connectivity index (χ2n) is 5.40. The summed E-state index contributed by atoms with van der Waals surface area (Å²) in [4.78, 5) is 13.9. The van der Waals surface area contributed by atoms with E-state index in [0.717, 1.165) is 21.7 Å². The number of thiophene rings is 1. The normalized spacial score (nSPS) is 11.5. The van der Waals surface area contributed by atoms with E-state index in [4.69, 9.17) is 0 Å². The van der Waals surface area contributed by atoms with Crippen molar-refractivity contribution in [2.45, 2.75) is 12.8 Å². The third-order valence-corrected chi connectivity index (χ3v) is 4.72. The number of hydrazone groups is 1. The van der Waals surface area contributed by atoms with Gasteiger partial charge in [0.2, 0.25) is 0 Å². The maximum atomic E-state index is 12.8. The smallest absolute Gasteiger partial charge is 0.252 e. The molecule has 0 aliphatic carbocycles. The highest BCUT2D eigenvalue weighted by molar-refractivity contribution is 7.12. The zero-order chi connectivity index (χ0) is 16.8. The number of nitrogens with one attached hydrogen (secondary N) is 1. The van der Waals surface area contributed by atoms with Gasteiger partial charge in [-0.05, 0) is 29.5 Å². The Bertz CT molecular complexity index is 772. The van der Waals surface area contributed by atoms with E-state index in [0.29, 0.717) is 0 Å². The molecule has 0 fully saturated rings. The van der Waals surface area contributed by atoms with E-state index < -0.39 is 0 Å². The van der Waals surface area contributed by atoms with E-state index in [1.807, 2.05) is 85.1 Å². The van der Waals surface area contributed by atoms with Gasteiger partial charge >= 0.3 is 0 Å². The highest BCUT2D eigenvalue weighted by Crippen LogP contribution is 2.24. The predicted molar refractivity (Wildman–Crippen MR) is 99.4 cm³/mol. The second kappa shape index (κ2) is 7.70. The van der Waals surface area contributed by atoms with Crippen LogP contribution in [0.4, 0.5) is 0 Å². The standard InChI is InChI=1S/C20H18N2OS/c1-15(18-13-8-14-24-18)21-22-20(23)19(16-9-4-2-5-10-16)17-11-6-3-7-12-17/h2-14,19H,1H3,(H,22,23). The van der Waals surface area contributed by atoms with Crippen molar-refractivity contribution < 1.29 is 4.79 Å². The van der Waals surface area contributed by atoms with Gasteiger partial charge in [0, 0.05) is 4.88 Å². The van der Waals surface area contributed by atoms with Crippen molar-refractivity contribution >= 4 is 23.0 Å². The van der Waals surface area contributed by atoms with Crippen LogP contribution in [0.3, 0.4) is 0 Å². The van der Waals surface area contributed by atoms with Crippen molar-refractivity contribution in [3.63, 3.8) is 0 Å². The molecule has 0 aliphatic rings. The van der Waals surface area contributed by atoms with Crippen LogP contribution in [0.25, 0.3) is 0 Å². The molecular weight excluding hydrogens is 316 g/mol. The molecule has 0 spiro atoms. The molecule has 0 bridgehead atoms. The van der Waals surface area contributed by atoms with Gasteiger partial charge in [0.15, 0.2) is 0 Å². The molecule has 2 aromatic carbocycles. The SMILES string of the molecule is CC(=NNC(=O)C(c1ccccc1)c1ccccc1)c1cccs1. The fourth-order valence-electron chi connectivity index (χ4n) is 2.53. The Balaban J connectivity index is 1.86. The third-order valence-electron chi connectivity index (χ3n) is 3.74. The number of hydrogen-bond donors (Lipinski definition) is 1. The Hall–Kier alpha value is -2.72. The van der Waals surface area contributed by atoms with Crippen LogP contribution in [-0.4, -0.2) is 11.6 Å². The highest BCUT2D eigenvalue weighted by atomic mass is 32.1. The summed E-state index contributed by atoms with van der Waals surface area (Å²) in [6, 6.07) is 23.5. The summed E-state index contributed by atoms with van der Waals surface area (Å²) in [5.74, 6) is -0.518. The number of rotatable bonds is 5. The zero-order valence-electron chi connectivity index (χ0n) is 13.3. The van der Waals surface area contributed by atoms with Gasteiger partial charge in [-0.25, -0.2) is 5.43 Å². The average molecular weight is 334 g/mol. The van der Waals surface area contributed by atoms with Crippen LogP contribution in [0, 0.1) is 0 Å². The van der Waals surface area contributed by atoms with Crippen molar-refractivity contribution in [1.82, 2.24) is 5.43 Å². The van der Waals surface area contributed by atoms with Crippen LogP contribution < -0.4 is 5.43 Å². The van der Waals surface area contributed by atoms with Gasteiger partial charge in [-0.3, -0.25) is 4.79 Å². The van der Waals surface area contributed by atoms with Crippen LogP contribution in [-0.2, 0) is 4.79 Å². The lowest BCUT2D eigenvalue weighted by molar-refractivity contribution is -0.121. The largest absolute Gasteiger partial charge is 0.272 e. The minimum atomic E-state index is -0.382. The Morgan fingerprint density at radius 3 is 2.00 bits per heavy atom. The van der Waals surface area contributed by atoms with E-state index in [1.165, 1.54) is 0 Å². The lowest BCUT2D eigenvalue weighted by atomic mass is 9.91. The first kappa shape index (κ1) is 16.1. The summed E-state index contributed by atoms with van der Waals surface area (Å²) in [6.45, 7) is 1.89. The molecule has 0 saturated heterocycles. The second-order valence-corrected chi connectivity index (χ2v) is 6.35. The van der Waals surface area contributed by atoms with Gasteiger partial charge in [-0.2, -0.15) is 5.10 Å². The summed E-state index contributed by atoms with van der Waals surface area (Å²) in [7, 11) is 0. The van der Waals surface area contributed by atoms with Crippen molar-refractivity contribution in [3.8, 4) is 0 Å². The Morgan fingerprint density at radius 2 is 1.50 bits per heavy atom. The first-order valence-corrected chi connectivity index (χ1v) is 8.61. The molecule has 3 rings (SSSR count). The van der Waals surface area contributed by atoms with Crippen molar-refractivity contribution in [3.05, 3.63) is 94.2 Å². The number of amides is 1. The van der Waals surface area contributed by atoms with Crippen LogP contribution >= 0.6 is 11.3 Å². The monoisotopic (exact) mass is 334 g/mol. The van der Waals surface area contributed by atoms with Gasteiger partial charge < -0.3 is 0 Å². The van der Waals surface area contributed by atoms with Crippen LogP contribution in [0.1, 0.15) is 28.8 Å². The maximum absolute atomic E-state index is 12.8. The Labute approximate surface area is 145 Å². The number of benzene rings is 2. The summed E-state index contributed by atoms with van der Waals surface area (Å²) in [5.41, 5.74) is 5.43. The number of nitrogens with zero attached hydrogens (tertiary/aromatic N) is 1. The van der Waals surface area contributed by atoms with Gasteiger partial charge in [-0.15, -0.1) is 11.3 Å². The lowest BCUT2D eigenvalue weighted by Crippen LogP contribution is -2.27. The molecule has 1 N–H and O–H groups in total. The Kier molecular flexibility index (Phi) is 5.18. The molecule has 0 atom stereocenters. The van der Waals surface area contributed by atoms with E-state index in [9.17, 15) is 4.79 Å². The fourth-order valence-corrected chi connectivity index (χ4v) is 3.21. The number of hydrogen-bond acceptors (Lipinski definition) is 3. The first-order chi connectivity index (χ1) is 11.8. The predicted octanol–water partition coefficient (Wildman–Crippen LogP) is 4.42. The molecule has 3 aromatic rings. The molecule has 1 heterocycles. The van der Waals surface area contributed by atoms with E-state index in [2.05, 4.69) is 10.5 Å². The summed E-state index contributed by atoms with van der Waals surface area (Å²) < 4.78 is 0. The average Bonchev–Trinajstić information content (AvgIpc) is 3.16. The van der Waals surface area contributed by atoms with E-state index in [1.54, 1.807) is 11.3 Å². The third kappa shape index (κ3) is 3.78. The van der Waals surface area contributed by atoms with E-state index in [-0.39, 0.29) is 11.8 Å². The molecule has 24 heavy (non-hydrogen) atoms. The van der Waals surface area contributed by atoms with Gasteiger partial charge in [0.1, 0.15) is 0 Å². The molecule has 120 valence electrons. The number of carbonyl (C=O) groups excluding carboxylic acids is 1. The molecule has 4 heteroatoms. The van der Waals surface area contributed by atoms with Crippen LogP contribution in [0.2, 0.25) is 0 Å². The minimum Gasteiger partial charge on any atom is -0.272 e. The van der Waals surface area contributed by atoms with E-state index >= 15 is 0 Å². The molecule has 1 aromatic heterocycles. The first-order valence-electron chi connectivity index (χ1n) is 7.73. The van der Waals surface area contributed by atoms with Gasteiger partial charge in [0.05, 0.1) is 11.6 Å². The highest BCUT2D eigenvalue weighted by Gasteiger charge is 2.22. The van der Waals surface area contributed by atoms with Crippen molar-refractivity contribution in [2.24, 2.45) is 5.10 Å². The molecule has 0 radical (unpaired) electrons. The molecule has 0 saturated carbocycles. The summed E-state index contributed by atoms with van der Waals surface area (Å²) in [6.07, 6.45) is 0. The molecule has 0 unspecified atom stereocenters. The molecule has 0 aliphatic heterocycles. The van der Waals surface area contributed by atoms with Crippen LogP contribution in [0.5, 0.6) is 0 Å². The van der Waals surface area contributed by atoms with Gasteiger partial charge in [0.25, 0.3) is 5.91 Å². The Morgan fingerprint density at radius 1 is 0.917 bits per heavy atom. The lowest BCUT2D eigenvalue weighted by Gasteiger charge is -2.16. The summed E-state index contributed by atoms with van der Waals surface area (Å²) in [5, 5.41) is 6.26. The topological polar surface area (TPSA) is 41.5 Å². The number of carbonyl (C=O) groups is 1. The fraction of sp³-hybridized carbons (Fsp3) is 0.100. The molecular formula is C20H18N2OS. The van der Waals surface area contributed by atoms with Crippen molar-refractivity contribution in [2.75, 3.05) is 0 Å². The zero-order valence-corrected chi connectivity index (χ0v) is 14.2. The minimum absolute atomic E-state index is 0.136.